The lowest BCUT2D eigenvalue weighted by molar-refractivity contribution is 0.0837. The molecule has 3 nitrogen and oxygen atoms in total. The number of hydrogen-bond donors (Lipinski definition) is 1. The lowest BCUT2D eigenvalue weighted by Gasteiger charge is -2.27. The van der Waals surface area contributed by atoms with Crippen LogP contribution >= 0.6 is 0 Å². The van der Waals surface area contributed by atoms with E-state index in [-0.39, 0.29) is 0 Å². The van der Waals surface area contributed by atoms with Crippen molar-refractivity contribution in [2.75, 3.05) is 26.7 Å². The standard InChI is InChI=1S/C13H28N2O/c1-10(2)11(3)14-7-8-15(5)13-6-9-16-12(13)4/h10-14H,6-9H2,1-5H3. The van der Waals surface area contributed by atoms with E-state index in [9.17, 15) is 0 Å². The van der Waals surface area contributed by atoms with E-state index in [1.165, 1.54) is 6.42 Å². The molecule has 0 aromatic heterocycles. The van der Waals surface area contributed by atoms with Crippen molar-refractivity contribution in [3.63, 3.8) is 0 Å². The van der Waals surface area contributed by atoms with Gasteiger partial charge in [0.15, 0.2) is 0 Å². The minimum atomic E-state index is 0.396. The molecule has 3 heteroatoms. The monoisotopic (exact) mass is 228 g/mol. The Kier molecular flexibility index (Phi) is 5.73. The van der Waals surface area contributed by atoms with Crippen LogP contribution in [0.25, 0.3) is 0 Å². The van der Waals surface area contributed by atoms with Gasteiger partial charge >= 0.3 is 0 Å². The molecule has 0 radical (unpaired) electrons. The Morgan fingerprint density at radius 2 is 2.06 bits per heavy atom. The van der Waals surface area contributed by atoms with Crippen molar-refractivity contribution in [3.8, 4) is 0 Å². The number of nitrogens with zero attached hydrogens (tertiary/aromatic N) is 1. The second-order valence-electron chi connectivity index (χ2n) is 5.40. The van der Waals surface area contributed by atoms with Crippen molar-refractivity contribution in [1.82, 2.24) is 10.2 Å². The average molecular weight is 228 g/mol. The van der Waals surface area contributed by atoms with E-state index in [0.29, 0.717) is 24.1 Å². The first-order valence-corrected chi connectivity index (χ1v) is 6.57. The van der Waals surface area contributed by atoms with E-state index < -0.39 is 0 Å². The zero-order valence-electron chi connectivity index (χ0n) is 11.5. The molecule has 0 bridgehead atoms. The highest BCUT2D eigenvalue weighted by Gasteiger charge is 2.27. The molecule has 1 N–H and O–H groups in total. The first kappa shape index (κ1) is 13.9. The van der Waals surface area contributed by atoms with Crippen LogP contribution in [0.1, 0.15) is 34.1 Å². The minimum Gasteiger partial charge on any atom is -0.377 e. The first-order valence-electron chi connectivity index (χ1n) is 6.57. The highest BCUT2D eigenvalue weighted by molar-refractivity contribution is 4.80. The molecule has 0 aromatic rings. The second-order valence-corrected chi connectivity index (χ2v) is 5.40. The molecule has 0 spiro atoms. The van der Waals surface area contributed by atoms with Crippen LogP contribution in [0.2, 0.25) is 0 Å². The first-order chi connectivity index (χ1) is 7.52. The van der Waals surface area contributed by atoms with Gasteiger partial charge < -0.3 is 10.1 Å². The van der Waals surface area contributed by atoms with E-state index >= 15 is 0 Å². The number of rotatable bonds is 6. The fraction of sp³-hybridized carbons (Fsp3) is 1.00. The summed E-state index contributed by atoms with van der Waals surface area (Å²) in [4.78, 5) is 2.43. The van der Waals surface area contributed by atoms with Crippen LogP contribution in [0.15, 0.2) is 0 Å². The second kappa shape index (κ2) is 6.58. The Labute approximate surface area is 101 Å². The maximum atomic E-state index is 5.59. The SMILES string of the molecule is CC(C)C(C)NCCN(C)C1CCOC1C. The maximum Gasteiger partial charge on any atom is 0.0702 e. The molecular weight excluding hydrogens is 200 g/mol. The summed E-state index contributed by atoms with van der Waals surface area (Å²) >= 11 is 0. The molecule has 96 valence electrons. The van der Waals surface area contributed by atoms with E-state index in [4.69, 9.17) is 4.74 Å². The zero-order chi connectivity index (χ0) is 12.1. The van der Waals surface area contributed by atoms with Gasteiger partial charge in [0.2, 0.25) is 0 Å². The predicted molar refractivity (Wildman–Crippen MR) is 68.8 cm³/mol. The van der Waals surface area contributed by atoms with Crippen molar-refractivity contribution in [3.05, 3.63) is 0 Å². The quantitative estimate of drug-likeness (QED) is 0.749. The van der Waals surface area contributed by atoms with E-state index in [0.717, 1.165) is 19.7 Å². The summed E-state index contributed by atoms with van der Waals surface area (Å²) in [5, 5.41) is 3.57. The molecule has 3 atom stereocenters. The summed E-state index contributed by atoms with van der Waals surface area (Å²) < 4.78 is 5.59. The molecule has 1 fully saturated rings. The van der Waals surface area contributed by atoms with Gasteiger partial charge in [-0.05, 0) is 33.2 Å². The van der Waals surface area contributed by atoms with Crippen LogP contribution in [0, 0.1) is 5.92 Å². The Bertz CT molecular complexity index is 196. The molecule has 1 heterocycles. The molecule has 0 saturated carbocycles. The van der Waals surface area contributed by atoms with Crippen molar-refractivity contribution in [2.24, 2.45) is 5.92 Å². The summed E-state index contributed by atoms with van der Waals surface area (Å²) in [5.41, 5.74) is 0. The summed E-state index contributed by atoms with van der Waals surface area (Å²) in [6.07, 6.45) is 1.57. The molecule has 0 amide bonds. The summed E-state index contributed by atoms with van der Waals surface area (Å²) in [7, 11) is 2.21. The van der Waals surface area contributed by atoms with Gasteiger partial charge in [-0.2, -0.15) is 0 Å². The predicted octanol–water partition coefficient (Wildman–Crippen LogP) is 1.73. The summed E-state index contributed by atoms with van der Waals surface area (Å²) in [5.74, 6) is 0.707. The van der Waals surface area contributed by atoms with E-state index in [1.54, 1.807) is 0 Å². The van der Waals surface area contributed by atoms with Crippen molar-refractivity contribution >= 4 is 0 Å². The minimum absolute atomic E-state index is 0.396. The van der Waals surface area contributed by atoms with Gasteiger partial charge in [0.1, 0.15) is 0 Å². The Balaban J connectivity index is 2.17. The van der Waals surface area contributed by atoms with E-state index in [2.05, 4.69) is 45.0 Å². The van der Waals surface area contributed by atoms with Gasteiger partial charge in [-0.15, -0.1) is 0 Å². The summed E-state index contributed by atoms with van der Waals surface area (Å²) in [6, 6.07) is 1.21. The fourth-order valence-electron chi connectivity index (χ4n) is 2.17. The molecule has 1 saturated heterocycles. The maximum absolute atomic E-state index is 5.59. The Morgan fingerprint density at radius 1 is 1.38 bits per heavy atom. The number of likely N-dealkylation sites (N-methyl/N-ethyl adjacent to an activating group) is 1. The van der Waals surface area contributed by atoms with Crippen LogP contribution < -0.4 is 5.32 Å². The fourth-order valence-corrected chi connectivity index (χ4v) is 2.17. The third-order valence-corrected chi connectivity index (χ3v) is 3.83. The third kappa shape index (κ3) is 4.04. The van der Waals surface area contributed by atoms with Crippen molar-refractivity contribution in [1.29, 1.82) is 0 Å². The van der Waals surface area contributed by atoms with E-state index in [1.807, 2.05) is 0 Å². The van der Waals surface area contributed by atoms with Crippen LogP contribution in [0.5, 0.6) is 0 Å². The smallest absolute Gasteiger partial charge is 0.0702 e. The Hall–Kier alpha value is -0.120. The van der Waals surface area contributed by atoms with Crippen LogP contribution in [0.4, 0.5) is 0 Å². The van der Waals surface area contributed by atoms with Crippen LogP contribution in [0.3, 0.4) is 0 Å². The largest absolute Gasteiger partial charge is 0.377 e. The van der Waals surface area contributed by atoms with Gasteiger partial charge in [0, 0.05) is 31.8 Å². The molecule has 0 aliphatic carbocycles. The zero-order valence-corrected chi connectivity index (χ0v) is 11.5. The number of hydrogen-bond acceptors (Lipinski definition) is 3. The van der Waals surface area contributed by atoms with Gasteiger partial charge in [0.25, 0.3) is 0 Å². The highest BCUT2D eigenvalue weighted by Crippen LogP contribution is 2.17. The van der Waals surface area contributed by atoms with Gasteiger partial charge in [-0.3, -0.25) is 4.90 Å². The molecule has 0 aromatic carbocycles. The number of ether oxygens (including phenoxy) is 1. The number of nitrogens with one attached hydrogen (secondary N) is 1. The molecule has 1 aliphatic rings. The van der Waals surface area contributed by atoms with Gasteiger partial charge in [-0.1, -0.05) is 13.8 Å². The lowest BCUT2D eigenvalue weighted by Crippen LogP contribution is -2.42. The average Bonchev–Trinajstić information content (AvgIpc) is 2.64. The van der Waals surface area contributed by atoms with Crippen LogP contribution in [-0.4, -0.2) is 49.8 Å². The van der Waals surface area contributed by atoms with Gasteiger partial charge in [-0.25, -0.2) is 0 Å². The topological polar surface area (TPSA) is 24.5 Å². The molecule has 1 aliphatic heterocycles. The normalized spacial score (nSPS) is 27.9. The lowest BCUT2D eigenvalue weighted by atomic mass is 10.1. The Morgan fingerprint density at radius 3 is 2.56 bits per heavy atom. The summed E-state index contributed by atoms with van der Waals surface area (Å²) in [6.45, 7) is 12.0. The molecule has 1 rings (SSSR count). The van der Waals surface area contributed by atoms with Gasteiger partial charge in [0.05, 0.1) is 6.10 Å². The highest BCUT2D eigenvalue weighted by atomic mass is 16.5. The van der Waals surface area contributed by atoms with Crippen molar-refractivity contribution in [2.45, 2.75) is 52.3 Å². The molecular formula is C13H28N2O. The van der Waals surface area contributed by atoms with Crippen LogP contribution in [-0.2, 0) is 4.74 Å². The molecule has 3 unspecified atom stereocenters. The van der Waals surface area contributed by atoms with Crippen molar-refractivity contribution < 1.29 is 4.74 Å². The third-order valence-electron chi connectivity index (χ3n) is 3.83. The molecule has 16 heavy (non-hydrogen) atoms.